The maximum atomic E-state index is 12.5. The maximum Gasteiger partial charge on any atom is 0.311 e. The normalized spacial score (nSPS) is 15.4. The van der Waals surface area contributed by atoms with Crippen LogP contribution in [0.1, 0.15) is 17.5 Å². The molecule has 0 radical (unpaired) electrons. The van der Waals surface area contributed by atoms with Gasteiger partial charge < -0.3 is 19.7 Å². The lowest BCUT2D eigenvalue weighted by Gasteiger charge is -2.19. The maximum absolute atomic E-state index is 12.5. The van der Waals surface area contributed by atoms with Gasteiger partial charge in [0.25, 0.3) is 11.6 Å². The molecule has 1 heterocycles. The molecular formula is C22H23N3O7. The number of aryl methyl sites for hydroxylation is 1. The van der Waals surface area contributed by atoms with Crippen molar-refractivity contribution in [3.63, 3.8) is 0 Å². The number of nitro groups is 1. The highest BCUT2D eigenvalue weighted by Crippen LogP contribution is 2.36. The van der Waals surface area contributed by atoms with Crippen LogP contribution in [0.2, 0.25) is 0 Å². The molecule has 0 aliphatic carbocycles. The van der Waals surface area contributed by atoms with Crippen LogP contribution in [0.5, 0.6) is 5.75 Å². The number of methoxy groups -OCH3 is 1. The summed E-state index contributed by atoms with van der Waals surface area (Å²) < 4.78 is 10.3. The molecule has 32 heavy (non-hydrogen) atoms. The Labute approximate surface area is 184 Å². The molecule has 1 aliphatic heterocycles. The van der Waals surface area contributed by atoms with Gasteiger partial charge in [-0.3, -0.25) is 24.5 Å². The number of rotatable bonds is 7. The molecule has 2 aromatic carbocycles. The fourth-order valence-corrected chi connectivity index (χ4v) is 3.43. The van der Waals surface area contributed by atoms with Gasteiger partial charge in [0.1, 0.15) is 5.75 Å². The van der Waals surface area contributed by atoms with Crippen LogP contribution in [0.4, 0.5) is 17.1 Å². The highest BCUT2D eigenvalue weighted by molar-refractivity contribution is 6.01. The molecule has 168 valence electrons. The topological polar surface area (TPSA) is 128 Å². The number of amides is 2. The zero-order valence-corrected chi connectivity index (χ0v) is 17.9. The fourth-order valence-electron chi connectivity index (χ4n) is 3.43. The Balaban J connectivity index is 1.61. The van der Waals surface area contributed by atoms with Crippen LogP contribution in [0.3, 0.4) is 0 Å². The second-order valence-corrected chi connectivity index (χ2v) is 7.42. The van der Waals surface area contributed by atoms with Crippen LogP contribution in [0, 0.1) is 29.9 Å². The van der Waals surface area contributed by atoms with E-state index in [1.165, 1.54) is 30.2 Å². The summed E-state index contributed by atoms with van der Waals surface area (Å²) in [6.07, 6.45) is -0.0996. The number of nitrogens with one attached hydrogen (secondary N) is 1. The number of anilines is 2. The number of carbonyl (C=O) groups excluding carboxylic acids is 3. The zero-order chi connectivity index (χ0) is 23.4. The number of non-ortho nitro benzene ring substituents is 1. The van der Waals surface area contributed by atoms with Gasteiger partial charge in [0, 0.05) is 24.7 Å². The lowest BCUT2D eigenvalue weighted by Crippen LogP contribution is -2.28. The summed E-state index contributed by atoms with van der Waals surface area (Å²) in [6.45, 7) is 3.35. The third-order valence-electron chi connectivity index (χ3n) is 5.35. The smallest absolute Gasteiger partial charge is 0.311 e. The second kappa shape index (κ2) is 9.46. The molecule has 10 heteroatoms. The first-order valence-corrected chi connectivity index (χ1v) is 9.86. The van der Waals surface area contributed by atoms with Gasteiger partial charge in [0.05, 0.1) is 29.7 Å². The monoisotopic (exact) mass is 441 g/mol. The van der Waals surface area contributed by atoms with Crippen LogP contribution in [0.15, 0.2) is 36.4 Å². The van der Waals surface area contributed by atoms with Gasteiger partial charge in [-0.1, -0.05) is 12.1 Å². The Bertz CT molecular complexity index is 1080. The molecule has 2 aromatic rings. The summed E-state index contributed by atoms with van der Waals surface area (Å²) >= 11 is 0. The van der Waals surface area contributed by atoms with E-state index in [1.54, 1.807) is 6.07 Å². The molecule has 3 rings (SSSR count). The minimum Gasteiger partial charge on any atom is -0.494 e. The molecule has 1 fully saturated rings. The highest BCUT2D eigenvalue weighted by atomic mass is 16.6. The van der Waals surface area contributed by atoms with Crippen molar-refractivity contribution in [1.82, 2.24) is 0 Å². The summed E-state index contributed by atoms with van der Waals surface area (Å²) in [5.74, 6) is -2.12. The Kier molecular flexibility index (Phi) is 6.72. The fraction of sp³-hybridized carbons (Fsp3) is 0.318. The average molecular weight is 441 g/mol. The van der Waals surface area contributed by atoms with Crippen molar-refractivity contribution in [2.75, 3.05) is 30.5 Å². The molecule has 0 spiro atoms. The number of hydrogen-bond acceptors (Lipinski definition) is 7. The lowest BCUT2D eigenvalue weighted by molar-refractivity contribution is -0.384. The summed E-state index contributed by atoms with van der Waals surface area (Å²) in [4.78, 5) is 48.8. The van der Waals surface area contributed by atoms with Crippen molar-refractivity contribution in [3.05, 3.63) is 57.6 Å². The van der Waals surface area contributed by atoms with Crippen LogP contribution in [-0.2, 0) is 19.1 Å². The first-order chi connectivity index (χ1) is 15.2. The molecule has 1 aliphatic rings. The summed E-state index contributed by atoms with van der Waals surface area (Å²) in [7, 11) is 1.34. The second-order valence-electron chi connectivity index (χ2n) is 7.42. The molecule has 1 saturated heterocycles. The number of nitrogens with zero attached hydrogens (tertiary/aromatic N) is 2. The minimum absolute atomic E-state index is 0.0183. The van der Waals surface area contributed by atoms with E-state index in [2.05, 4.69) is 5.32 Å². The Morgan fingerprint density at radius 2 is 2.00 bits per heavy atom. The quantitative estimate of drug-likeness (QED) is 0.397. The van der Waals surface area contributed by atoms with Gasteiger partial charge in [-0.25, -0.2) is 0 Å². The van der Waals surface area contributed by atoms with E-state index in [9.17, 15) is 24.5 Å². The van der Waals surface area contributed by atoms with E-state index in [4.69, 9.17) is 9.47 Å². The molecule has 0 bridgehead atoms. The van der Waals surface area contributed by atoms with Gasteiger partial charge in [-0.05, 0) is 37.1 Å². The number of esters is 1. The van der Waals surface area contributed by atoms with E-state index >= 15 is 0 Å². The third-order valence-corrected chi connectivity index (χ3v) is 5.35. The predicted molar refractivity (Wildman–Crippen MR) is 116 cm³/mol. The molecule has 10 nitrogen and oxygen atoms in total. The van der Waals surface area contributed by atoms with Gasteiger partial charge in [0.15, 0.2) is 6.61 Å². The first-order valence-electron chi connectivity index (χ1n) is 9.86. The van der Waals surface area contributed by atoms with E-state index < -0.39 is 29.3 Å². The number of carbonyl (C=O) groups is 3. The van der Waals surface area contributed by atoms with E-state index in [-0.39, 0.29) is 30.3 Å². The predicted octanol–water partition coefficient (Wildman–Crippen LogP) is 2.76. The standard InChI is InChI=1S/C22H23N3O7/c1-13-5-4-6-17(14(13)2)23-20(26)12-32-22(28)15-9-21(27)24(11-15)18-8-7-16(25(29)30)10-19(18)31-3/h4-8,10,15H,9,11-12H2,1-3H3,(H,23,26)/t15-/m1/s1. The van der Waals surface area contributed by atoms with Gasteiger partial charge in [-0.15, -0.1) is 0 Å². The Morgan fingerprint density at radius 1 is 1.25 bits per heavy atom. The van der Waals surface area contributed by atoms with Gasteiger partial charge >= 0.3 is 5.97 Å². The Hall–Kier alpha value is -3.95. The largest absolute Gasteiger partial charge is 0.494 e. The highest BCUT2D eigenvalue weighted by Gasteiger charge is 2.37. The number of ether oxygens (including phenoxy) is 2. The summed E-state index contributed by atoms with van der Waals surface area (Å²) in [5.41, 5.74) is 2.72. The van der Waals surface area contributed by atoms with E-state index in [0.717, 1.165) is 11.1 Å². The lowest BCUT2D eigenvalue weighted by atomic mass is 10.1. The van der Waals surface area contributed by atoms with Crippen molar-refractivity contribution in [3.8, 4) is 5.75 Å². The zero-order valence-electron chi connectivity index (χ0n) is 17.9. The molecule has 1 atom stereocenters. The third kappa shape index (κ3) is 4.85. The number of hydrogen-bond donors (Lipinski definition) is 1. The SMILES string of the molecule is COc1cc([N+](=O)[O-])ccc1N1C[C@H](C(=O)OCC(=O)Nc2cccc(C)c2C)CC1=O. The number of nitro benzene ring substituents is 1. The summed E-state index contributed by atoms with van der Waals surface area (Å²) in [5, 5.41) is 13.7. The van der Waals surface area contributed by atoms with Crippen molar-refractivity contribution >= 4 is 34.8 Å². The van der Waals surface area contributed by atoms with Crippen LogP contribution in [0.25, 0.3) is 0 Å². The number of benzene rings is 2. The van der Waals surface area contributed by atoms with E-state index in [1.807, 2.05) is 26.0 Å². The molecule has 0 unspecified atom stereocenters. The molecule has 0 aromatic heterocycles. The molecule has 0 saturated carbocycles. The van der Waals surface area contributed by atoms with Gasteiger partial charge in [-0.2, -0.15) is 0 Å². The van der Waals surface area contributed by atoms with Crippen molar-refractivity contribution in [2.24, 2.45) is 5.92 Å². The van der Waals surface area contributed by atoms with Crippen LogP contribution >= 0.6 is 0 Å². The van der Waals surface area contributed by atoms with Crippen LogP contribution in [-0.4, -0.2) is 43.0 Å². The average Bonchev–Trinajstić information content (AvgIpc) is 3.16. The van der Waals surface area contributed by atoms with Crippen molar-refractivity contribution < 1.29 is 28.8 Å². The van der Waals surface area contributed by atoms with Crippen LogP contribution < -0.4 is 15.0 Å². The van der Waals surface area contributed by atoms with E-state index in [0.29, 0.717) is 11.4 Å². The molecular weight excluding hydrogens is 418 g/mol. The Morgan fingerprint density at radius 3 is 2.69 bits per heavy atom. The minimum atomic E-state index is -0.768. The molecule has 2 amide bonds. The molecule has 1 N–H and O–H groups in total. The van der Waals surface area contributed by atoms with Crippen molar-refractivity contribution in [2.45, 2.75) is 20.3 Å². The van der Waals surface area contributed by atoms with Gasteiger partial charge in [0.2, 0.25) is 5.91 Å². The first kappa shape index (κ1) is 22.7. The summed E-state index contributed by atoms with van der Waals surface area (Å²) in [6, 6.07) is 9.37. The van der Waals surface area contributed by atoms with Crippen molar-refractivity contribution in [1.29, 1.82) is 0 Å².